The molecule has 2 heterocycles. The van der Waals surface area contributed by atoms with E-state index in [1.807, 2.05) is 42.5 Å². The van der Waals surface area contributed by atoms with Gasteiger partial charge in [0.2, 0.25) is 5.91 Å². The molecule has 0 aromatic heterocycles. The van der Waals surface area contributed by atoms with E-state index in [0.717, 1.165) is 22.6 Å². The van der Waals surface area contributed by atoms with Gasteiger partial charge in [0.1, 0.15) is 6.61 Å². The minimum atomic E-state index is -0.311. The first kappa shape index (κ1) is 13.2. The van der Waals surface area contributed by atoms with Gasteiger partial charge < -0.3 is 20.5 Å². The van der Waals surface area contributed by atoms with Crippen molar-refractivity contribution in [2.24, 2.45) is 5.73 Å². The lowest BCUT2D eigenvalue weighted by Crippen LogP contribution is -2.39. The summed E-state index contributed by atoms with van der Waals surface area (Å²) in [5, 5.41) is 2.82. The van der Waals surface area contributed by atoms with Gasteiger partial charge in [-0.2, -0.15) is 0 Å². The highest BCUT2D eigenvalue weighted by Crippen LogP contribution is 2.34. The summed E-state index contributed by atoms with van der Waals surface area (Å²) in [7, 11) is 0. The largest absolute Gasteiger partial charge is 0.486 e. The normalized spacial score (nSPS) is 20.2. The first-order valence-corrected chi connectivity index (χ1v) is 7.27. The predicted octanol–water partition coefficient (Wildman–Crippen LogP) is 2.02. The lowest BCUT2D eigenvalue weighted by atomic mass is 9.99. The van der Waals surface area contributed by atoms with Gasteiger partial charge in [-0.15, -0.1) is 0 Å². The summed E-state index contributed by atoms with van der Waals surface area (Å²) in [6.45, 7) is 0.409. The second kappa shape index (κ2) is 5.03. The van der Waals surface area contributed by atoms with Crippen molar-refractivity contribution in [1.29, 1.82) is 0 Å². The van der Waals surface area contributed by atoms with Gasteiger partial charge in [-0.25, -0.2) is 0 Å². The summed E-state index contributed by atoms with van der Waals surface area (Å²) in [5.74, 6) is 1.48. The summed E-state index contributed by atoms with van der Waals surface area (Å²) in [6, 6.07) is 13.1. The number of rotatable bonds is 2. The number of carbonyl (C=O) groups excluding carboxylic acids is 1. The SMILES string of the molecule is NC(c1ccc2c(c1)CC(=O)N2)C1COc2ccccc2O1. The van der Waals surface area contributed by atoms with Gasteiger partial charge in [-0.05, 0) is 29.3 Å². The molecule has 112 valence electrons. The fourth-order valence-corrected chi connectivity index (χ4v) is 2.88. The molecule has 0 bridgehead atoms. The lowest BCUT2D eigenvalue weighted by Gasteiger charge is -2.30. The molecule has 1 amide bonds. The first-order valence-electron chi connectivity index (χ1n) is 7.27. The van der Waals surface area contributed by atoms with E-state index in [1.165, 1.54) is 0 Å². The zero-order chi connectivity index (χ0) is 15.1. The minimum Gasteiger partial charge on any atom is -0.486 e. The average Bonchev–Trinajstić information content (AvgIpc) is 2.92. The highest BCUT2D eigenvalue weighted by molar-refractivity contribution is 5.99. The van der Waals surface area contributed by atoms with Crippen LogP contribution in [0.1, 0.15) is 17.2 Å². The molecule has 0 radical (unpaired) electrons. The van der Waals surface area contributed by atoms with Crippen molar-refractivity contribution in [3.05, 3.63) is 53.6 Å². The second-order valence-electron chi connectivity index (χ2n) is 5.58. The molecule has 5 heteroatoms. The van der Waals surface area contributed by atoms with Crippen LogP contribution >= 0.6 is 0 Å². The maximum atomic E-state index is 11.4. The smallest absolute Gasteiger partial charge is 0.228 e. The van der Waals surface area contributed by atoms with Crippen molar-refractivity contribution < 1.29 is 14.3 Å². The number of nitrogens with one attached hydrogen (secondary N) is 1. The van der Waals surface area contributed by atoms with Crippen LogP contribution in [0.15, 0.2) is 42.5 Å². The molecular formula is C17H16N2O3. The topological polar surface area (TPSA) is 73.6 Å². The van der Waals surface area contributed by atoms with Crippen molar-refractivity contribution >= 4 is 11.6 Å². The number of hydrogen-bond donors (Lipinski definition) is 2. The van der Waals surface area contributed by atoms with Crippen LogP contribution in [0.2, 0.25) is 0 Å². The second-order valence-corrected chi connectivity index (χ2v) is 5.58. The predicted molar refractivity (Wildman–Crippen MR) is 82.1 cm³/mol. The molecule has 2 unspecified atom stereocenters. The zero-order valence-corrected chi connectivity index (χ0v) is 11.9. The number of amides is 1. The molecule has 2 aromatic carbocycles. The molecule has 0 saturated heterocycles. The van der Waals surface area contributed by atoms with Crippen LogP contribution in [0, 0.1) is 0 Å². The molecule has 0 saturated carbocycles. The van der Waals surface area contributed by atoms with Gasteiger partial charge in [-0.1, -0.05) is 24.3 Å². The Balaban J connectivity index is 1.57. The Bertz CT molecular complexity index is 744. The average molecular weight is 296 g/mol. The number of hydrogen-bond acceptors (Lipinski definition) is 4. The molecule has 2 aromatic rings. The molecule has 0 fully saturated rings. The van der Waals surface area contributed by atoms with Crippen LogP contribution in [0.25, 0.3) is 0 Å². The van der Waals surface area contributed by atoms with E-state index in [1.54, 1.807) is 0 Å². The summed E-state index contributed by atoms with van der Waals surface area (Å²) < 4.78 is 11.7. The summed E-state index contributed by atoms with van der Waals surface area (Å²) in [6.07, 6.45) is 0.152. The van der Waals surface area contributed by atoms with Crippen LogP contribution in [-0.4, -0.2) is 18.6 Å². The highest BCUT2D eigenvalue weighted by Gasteiger charge is 2.28. The fourth-order valence-electron chi connectivity index (χ4n) is 2.88. The molecule has 3 N–H and O–H groups in total. The third-order valence-electron chi connectivity index (χ3n) is 4.07. The van der Waals surface area contributed by atoms with Crippen LogP contribution in [0.4, 0.5) is 5.69 Å². The number of carbonyl (C=O) groups is 1. The Labute approximate surface area is 128 Å². The minimum absolute atomic E-state index is 0.0203. The standard InChI is InChI=1S/C17H16N2O3/c18-17(10-5-6-12-11(7-10)8-16(20)19-12)15-9-21-13-3-1-2-4-14(13)22-15/h1-7,15,17H,8-9,18H2,(H,19,20). The fraction of sp³-hybridized carbons (Fsp3) is 0.235. The first-order chi connectivity index (χ1) is 10.7. The quantitative estimate of drug-likeness (QED) is 0.889. The van der Waals surface area contributed by atoms with E-state index in [4.69, 9.17) is 15.2 Å². The number of anilines is 1. The molecule has 0 spiro atoms. The van der Waals surface area contributed by atoms with Crippen molar-refractivity contribution in [1.82, 2.24) is 0 Å². The van der Waals surface area contributed by atoms with Gasteiger partial charge >= 0.3 is 0 Å². The Hall–Kier alpha value is -2.53. The van der Waals surface area contributed by atoms with E-state index in [-0.39, 0.29) is 18.1 Å². The van der Waals surface area contributed by atoms with Crippen LogP contribution in [0.5, 0.6) is 11.5 Å². The van der Waals surface area contributed by atoms with Gasteiger partial charge in [0, 0.05) is 5.69 Å². The molecule has 0 aliphatic carbocycles. The summed E-state index contributed by atoms with van der Waals surface area (Å²) in [5.41, 5.74) is 9.14. The Morgan fingerprint density at radius 2 is 2.00 bits per heavy atom. The lowest BCUT2D eigenvalue weighted by molar-refractivity contribution is -0.115. The number of nitrogens with two attached hydrogens (primary N) is 1. The molecule has 2 aliphatic heterocycles. The number of ether oxygens (including phenoxy) is 2. The van der Waals surface area contributed by atoms with Gasteiger partial charge in [0.15, 0.2) is 17.6 Å². The molecule has 2 aliphatic rings. The highest BCUT2D eigenvalue weighted by atomic mass is 16.6. The number of para-hydroxylation sites is 2. The monoisotopic (exact) mass is 296 g/mol. The van der Waals surface area contributed by atoms with E-state index >= 15 is 0 Å². The molecular weight excluding hydrogens is 280 g/mol. The third-order valence-corrected chi connectivity index (χ3v) is 4.07. The zero-order valence-electron chi connectivity index (χ0n) is 11.9. The summed E-state index contributed by atoms with van der Waals surface area (Å²) in [4.78, 5) is 11.4. The van der Waals surface area contributed by atoms with Crippen LogP contribution in [-0.2, 0) is 11.2 Å². The maximum absolute atomic E-state index is 11.4. The Morgan fingerprint density at radius 3 is 2.86 bits per heavy atom. The van der Waals surface area contributed by atoms with Crippen LogP contribution < -0.4 is 20.5 Å². The van der Waals surface area contributed by atoms with Gasteiger partial charge in [0.05, 0.1) is 12.5 Å². The van der Waals surface area contributed by atoms with Crippen molar-refractivity contribution in [3.8, 4) is 11.5 Å². The van der Waals surface area contributed by atoms with Crippen LogP contribution in [0.3, 0.4) is 0 Å². The number of fused-ring (bicyclic) bond motifs is 2. The third kappa shape index (κ3) is 2.19. The molecule has 22 heavy (non-hydrogen) atoms. The van der Waals surface area contributed by atoms with E-state index in [9.17, 15) is 4.79 Å². The van der Waals surface area contributed by atoms with Gasteiger partial charge in [0.25, 0.3) is 0 Å². The Kier molecular flexibility index (Phi) is 3.01. The van der Waals surface area contributed by atoms with Gasteiger partial charge in [-0.3, -0.25) is 4.79 Å². The maximum Gasteiger partial charge on any atom is 0.228 e. The van der Waals surface area contributed by atoms with E-state index < -0.39 is 0 Å². The molecule has 5 nitrogen and oxygen atoms in total. The van der Waals surface area contributed by atoms with Crippen molar-refractivity contribution in [2.75, 3.05) is 11.9 Å². The summed E-state index contributed by atoms with van der Waals surface area (Å²) >= 11 is 0. The van der Waals surface area contributed by atoms with Crippen molar-refractivity contribution in [3.63, 3.8) is 0 Å². The Morgan fingerprint density at radius 1 is 1.18 bits per heavy atom. The molecule has 4 rings (SSSR count). The van der Waals surface area contributed by atoms with E-state index in [2.05, 4.69) is 5.32 Å². The van der Waals surface area contributed by atoms with Crippen molar-refractivity contribution in [2.45, 2.75) is 18.6 Å². The van der Waals surface area contributed by atoms with E-state index in [0.29, 0.717) is 18.8 Å². The number of benzene rings is 2. The molecule has 2 atom stereocenters.